The minimum atomic E-state index is -0.193. The molecule has 0 N–H and O–H groups in total. The van der Waals surface area contributed by atoms with Gasteiger partial charge >= 0.3 is 0 Å². The molecule has 2 aliphatic rings. The second-order valence-corrected chi connectivity index (χ2v) is 16.1. The maximum Gasteiger partial charge on any atom is 0.0759 e. The zero-order valence-corrected chi connectivity index (χ0v) is 30.9. The maximum absolute atomic E-state index is 5.38. The van der Waals surface area contributed by atoms with Gasteiger partial charge in [0.15, 0.2) is 0 Å². The molecule has 2 aromatic heterocycles. The third kappa shape index (κ3) is 4.23. The summed E-state index contributed by atoms with van der Waals surface area (Å²) in [6.45, 7) is 9.41. The summed E-state index contributed by atoms with van der Waals surface area (Å²) >= 11 is 0. The number of benzene rings is 7. The summed E-state index contributed by atoms with van der Waals surface area (Å²) in [6, 6.07) is 57.7. The molecule has 11 rings (SSSR count). The van der Waals surface area contributed by atoms with E-state index < -0.39 is 0 Å². The molecule has 0 amide bonds. The number of aromatic nitrogens is 2. The van der Waals surface area contributed by atoms with Crippen LogP contribution in [-0.2, 0) is 10.8 Å². The molecule has 2 aliphatic carbocycles. The van der Waals surface area contributed by atoms with E-state index in [0.29, 0.717) is 0 Å². The quantitative estimate of drug-likeness (QED) is 0.172. The van der Waals surface area contributed by atoms with Crippen molar-refractivity contribution in [1.82, 2.24) is 9.97 Å². The smallest absolute Gasteiger partial charge is 0.0759 e. The molecular weight excluding hydrogens is 653 g/mol. The number of para-hydroxylation sites is 1. The first-order chi connectivity index (χ1) is 26.3. The predicted octanol–water partition coefficient (Wildman–Crippen LogP) is 13.5. The van der Waals surface area contributed by atoms with E-state index >= 15 is 0 Å². The van der Waals surface area contributed by atoms with Crippen molar-refractivity contribution in [3.8, 4) is 55.9 Å². The molecule has 7 aromatic carbocycles. The normalized spacial score (nSPS) is 14.6. The SMILES string of the molecule is CC1(C)c2ccccc2-c2nc3ccccc3c(-c3ccc(-c4ccc(-c5c6c(nc7ccc8ccccc8c57)-c5ccccc5C6(C)C)cc4)cc3)c21. The van der Waals surface area contributed by atoms with Crippen LogP contribution in [0.25, 0.3) is 88.5 Å². The molecule has 0 fully saturated rings. The largest absolute Gasteiger partial charge is 0.247 e. The van der Waals surface area contributed by atoms with E-state index in [2.05, 4.69) is 185 Å². The molecule has 0 saturated heterocycles. The Balaban J connectivity index is 1.05. The Labute approximate surface area is 315 Å². The Morgan fingerprint density at radius 1 is 0.370 bits per heavy atom. The van der Waals surface area contributed by atoms with Crippen LogP contribution in [0.3, 0.4) is 0 Å². The lowest BCUT2D eigenvalue weighted by molar-refractivity contribution is 0.661. The Morgan fingerprint density at radius 2 is 0.833 bits per heavy atom. The fraction of sp³-hybridized carbons (Fsp3) is 0.115. The Hall–Kier alpha value is -6.38. The molecule has 256 valence electrons. The van der Waals surface area contributed by atoms with E-state index in [-0.39, 0.29) is 10.8 Å². The first-order valence-electron chi connectivity index (χ1n) is 19.0. The number of rotatable bonds is 3. The summed E-state index contributed by atoms with van der Waals surface area (Å²) in [5.41, 5.74) is 19.1. The van der Waals surface area contributed by atoms with E-state index in [9.17, 15) is 0 Å². The van der Waals surface area contributed by atoms with Gasteiger partial charge in [0.05, 0.1) is 22.4 Å². The minimum Gasteiger partial charge on any atom is -0.247 e. The summed E-state index contributed by atoms with van der Waals surface area (Å²) in [4.78, 5) is 10.6. The van der Waals surface area contributed by atoms with Gasteiger partial charge < -0.3 is 0 Å². The van der Waals surface area contributed by atoms with Gasteiger partial charge in [0.25, 0.3) is 0 Å². The summed E-state index contributed by atoms with van der Waals surface area (Å²) in [5.74, 6) is 0. The van der Waals surface area contributed by atoms with E-state index in [1.165, 1.54) is 88.3 Å². The first-order valence-corrected chi connectivity index (χ1v) is 19.0. The highest BCUT2D eigenvalue weighted by Gasteiger charge is 2.41. The van der Waals surface area contributed by atoms with Gasteiger partial charge in [-0.15, -0.1) is 0 Å². The molecule has 0 saturated carbocycles. The predicted molar refractivity (Wildman–Crippen MR) is 226 cm³/mol. The van der Waals surface area contributed by atoms with Crippen LogP contribution in [0.15, 0.2) is 158 Å². The van der Waals surface area contributed by atoms with Crippen molar-refractivity contribution >= 4 is 32.6 Å². The van der Waals surface area contributed by atoms with Crippen LogP contribution in [0, 0.1) is 0 Å². The number of nitrogens with zero attached hydrogens (tertiary/aromatic N) is 2. The molecule has 0 atom stereocenters. The van der Waals surface area contributed by atoms with Crippen molar-refractivity contribution in [3.63, 3.8) is 0 Å². The van der Waals surface area contributed by atoms with Crippen molar-refractivity contribution < 1.29 is 0 Å². The summed E-state index contributed by atoms with van der Waals surface area (Å²) < 4.78 is 0. The van der Waals surface area contributed by atoms with Crippen molar-refractivity contribution in [2.45, 2.75) is 38.5 Å². The molecule has 54 heavy (non-hydrogen) atoms. The zero-order valence-electron chi connectivity index (χ0n) is 30.9. The van der Waals surface area contributed by atoms with Crippen LogP contribution in [0.5, 0.6) is 0 Å². The summed E-state index contributed by atoms with van der Waals surface area (Å²) in [6.07, 6.45) is 0. The van der Waals surface area contributed by atoms with Gasteiger partial charge in [0.2, 0.25) is 0 Å². The third-order valence-corrected chi connectivity index (χ3v) is 12.4. The molecule has 9 aromatic rings. The fourth-order valence-electron chi connectivity index (χ4n) is 9.84. The molecule has 0 aliphatic heterocycles. The lowest BCUT2D eigenvalue weighted by Crippen LogP contribution is -2.16. The fourth-order valence-corrected chi connectivity index (χ4v) is 9.84. The first kappa shape index (κ1) is 31.2. The third-order valence-electron chi connectivity index (χ3n) is 12.4. The maximum atomic E-state index is 5.38. The number of fused-ring (bicyclic) bond motifs is 10. The van der Waals surface area contributed by atoms with Crippen LogP contribution >= 0.6 is 0 Å². The molecule has 0 spiro atoms. The molecular formula is C52H38N2. The molecule has 0 bridgehead atoms. The summed E-state index contributed by atoms with van der Waals surface area (Å²) in [5, 5.41) is 4.90. The van der Waals surface area contributed by atoms with Crippen molar-refractivity contribution in [2.24, 2.45) is 0 Å². The lowest BCUT2D eigenvalue weighted by Gasteiger charge is -2.26. The van der Waals surface area contributed by atoms with Crippen LogP contribution < -0.4 is 0 Å². The van der Waals surface area contributed by atoms with Gasteiger partial charge in [-0.1, -0.05) is 173 Å². The van der Waals surface area contributed by atoms with Gasteiger partial charge in [-0.25, -0.2) is 9.97 Å². The lowest BCUT2D eigenvalue weighted by atomic mass is 9.78. The monoisotopic (exact) mass is 690 g/mol. The molecule has 2 nitrogen and oxygen atoms in total. The van der Waals surface area contributed by atoms with E-state index in [1.54, 1.807) is 0 Å². The average Bonchev–Trinajstić information content (AvgIpc) is 3.58. The Kier molecular flexibility index (Phi) is 6.39. The average molecular weight is 691 g/mol. The van der Waals surface area contributed by atoms with E-state index in [0.717, 1.165) is 22.4 Å². The van der Waals surface area contributed by atoms with E-state index in [1.807, 2.05) is 0 Å². The molecule has 0 unspecified atom stereocenters. The highest BCUT2D eigenvalue weighted by molar-refractivity contribution is 6.16. The van der Waals surface area contributed by atoms with Crippen LogP contribution in [0.1, 0.15) is 49.9 Å². The zero-order chi connectivity index (χ0) is 36.3. The van der Waals surface area contributed by atoms with Gasteiger partial charge in [-0.3, -0.25) is 0 Å². The van der Waals surface area contributed by atoms with Crippen LogP contribution in [0.4, 0.5) is 0 Å². The van der Waals surface area contributed by atoms with Crippen molar-refractivity contribution in [1.29, 1.82) is 0 Å². The van der Waals surface area contributed by atoms with Gasteiger partial charge in [-0.05, 0) is 78.5 Å². The van der Waals surface area contributed by atoms with Gasteiger partial charge in [-0.2, -0.15) is 0 Å². The topological polar surface area (TPSA) is 25.8 Å². The standard InChI is InChI=1S/C52H38N2/c1-51(2)40-18-10-7-15-37(40)49-47(51)44(39-17-9-12-20-42(39)53-49)34-25-21-31(22-26-34)32-23-27-35(28-24-32)45-46-36-14-6-5-13-33(36)29-30-43(46)54-50-38-16-8-11-19-41(38)52(3,4)48(45)50/h5-30H,1-4H3. The van der Waals surface area contributed by atoms with Gasteiger partial charge in [0, 0.05) is 32.7 Å². The van der Waals surface area contributed by atoms with Crippen molar-refractivity contribution in [3.05, 3.63) is 180 Å². The highest BCUT2D eigenvalue weighted by Crippen LogP contribution is 2.55. The number of hydrogen-bond donors (Lipinski definition) is 0. The Morgan fingerprint density at radius 3 is 1.46 bits per heavy atom. The van der Waals surface area contributed by atoms with Gasteiger partial charge in [0.1, 0.15) is 0 Å². The molecule has 2 heterocycles. The van der Waals surface area contributed by atoms with Crippen LogP contribution in [-0.4, -0.2) is 9.97 Å². The number of pyridine rings is 2. The van der Waals surface area contributed by atoms with Crippen LogP contribution in [0.2, 0.25) is 0 Å². The summed E-state index contributed by atoms with van der Waals surface area (Å²) in [7, 11) is 0. The number of hydrogen-bond acceptors (Lipinski definition) is 2. The van der Waals surface area contributed by atoms with E-state index in [4.69, 9.17) is 9.97 Å². The second kappa shape index (κ2) is 11.1. The minimum absolute atomic E-state index is 0.161. The second-order valence-electron chi connectivity index (χ2n) is 16.1. The molecule has 0 radical (unpaired) electrons. The van der Waals surface area contributed by atoms with Crippen molar-refractivity contribution in [2.75, 3.05) is 0 Å². The Bertz CT molecular complexity index is 3020. The highest BCUT2D eigenvalue weighted by atomic mass is 14.7. The molecule has 2 heteroatoms.